The summed E-state index contributed by atoms with van der Waals surface area (Å²) in [7, 11) is 0. The van der Waals surface area contributed by atoms with Gasteiger partial charge in [-0.2, -0.15) is 0 Å². The van der Waals surface area contributed by atoms with Crippen molar-refractivity contribution in [1.82, 2.24) is 0 Å². The van der Waals surface area contributed by atoms with E-state index in [4.69, 9.17) is 0 Å². The van der Waals surface area contributed by atoms with E-state index in [0.717, 1.165) is 24.2 Å². The predicted molar refractivity (Wildman–Crippen MR) is 78.2 cm³/mol. The maximum atomic E-state index is 12.0. The quantitative estimate of drug-likeness (QED) is 0.795. The monoisotopic (exact) mass is 251 g/mol. The number of para-hydroxylation sites is 1. The number of nitrogens with zero attached hydrogens (tertiary/aromatic N) is 1. The Bertz CT molecular complexity index is 618. The van der Waals surface area contributed by atoms with E-state index >= 15 is 0 Å². The van der Waals surface area contributed by atoms with Gasteiger partial charge in [-0.05, 0) is 30.5 Å². The van der Waals surface area contributed by atoms with Crippen LogP contribution in [0.3, 0.4) is 0 Å². The van der Waals surface area contributed by atoms with Crippen LogP contribution < -0.4 is 4.90 Å². The molecule has 0 atom stereocenters. The number of rotatable bonds is 2. The van der Waals surface area contributed by atoms with Crippen molar-refractivity contribution in [1.29, 1.82) is 0 Å². The van der Waals surface area contributed by atoms with E-state index < -0.39 is 0 Å². The van der Waals surface area contributed by atoms with Gasteiger partial charge in [0.15, 0.2) is 0 Å². The first-order valence-electron chi connectivity index (χ1n) is 6.73. The van der Waals surface area contributed by atoms with Gasteiger partial charge < -0.3 is 4.90 Å². The fraction of sp³-hybridized carbons (Fsp3) is 0.235. The van der Waals surface area contributed by atoms with Crippen molar-refractivity contribution in [3.05, 3.63) is 54.1 Å². The highest BCUT2D eigenvalue weighted by Crippen LogP contribution is 2.34. The molecular formula is C17H17NO. The lowest BCUT2D eigenvalue weighted by Gasteiger charge is -2.20. The van der Waals surface area contributed by atoms with Gasteiger partial charge in [0.1, 0.15) is 0 Å². The topological polar surface area (TPSA) is 20.3 Å². The number of carbonyl (C=O) groups excluding carboxylic acids is 1. The smallest absolute Gasteiger partial charge is 0.227 e. The van der Waals surface area contributed by atoms with Gasteiger partial charge in [-0.25, -0.2) is 0 Å². The zero-order chi connectivity index (χ0) is 13.2. The van der Waals surface area contributed by atoms with E-state index in [0.29, 0.717) is 6.42 Å². The molecule has 1 aliphatic heterocycles. The lowest BCUT2D eigenvalue weighted by atomic mass is 9.98. The summed E-state index contributed by atoms with van der Waals surface area (Å²) >= 11 is 0. The first-order valence-corrected chi connectivity index (χ1v) is 6.73. The average Bonchev–Trinajstić information content (AvgIpc) is 2.86. The van der Waals surface area contributed by atoms with Crippen molar-refractivity contribution in [3.63, 3.8) is 0 Å². The normalized spacial score (nSPS) is 15.0. The highest BCUT2D eigenvalue weighted by molar-refractivity contribution is 5.99. The summed E-state index contributed by atoms with van der Waals surface area (Å²) in [5.74, 6) is 0.237. The number of anilines is 1. The molecular weight excluding hydrogens is 234 g/mol. The summed E-state index contributed by atoms with van der Waals surface area (Å²) < 4.78 is 0. The maximum absolute atomic E-state index is 12.0. The molecule has 96 valence electrons. The van der Waals surface area contributed by atoms with Gasteiger partial charge in [0.05, 0.1) is 5.69 Å². The van der Waals surface area contributed by atoms with Gasteiger partial charge in [0.25, 0.3) is 0 Å². The SMILES string of the molecule is Cc1ccccc1-c1ccccc1N1CCCC1=O. The number of aryl methyl sites for hydroxylation is 1. The van der Waals surface area contributed by atoms with Gasteiger partial charge >= 0.3 is 0 Å². The van der Waals surface area contributed by atoms with Crippen molar-refractivity contribution in [2.45, 2.75) is 19.8 Å². The van der Waals surface area contributed by atoms with E-state index in [1.165, 1.54) is 11.1 Å². The van der Waals surface area contributed by atoms with E-state index in [1.54, 1.807) is 0 Å². The summed E-state index contributed by atoms with van der Waals surface area (Å²) in [6, 6.07) is 16.5. The van der Waals surface area contributed by atoms with Crippen LogP contribution in [0.4, 0.5) is 5.69 Å². The minimum atomic E-state index is 0.237. The lowest BCUT2D eigenvalue weighted by Crippen LogP contribution is -2.24. The van der Waals surface area contributed by atoms with Crippen LogP contribution in [0.15, 0.2) is 48.5 Å². The van der Waals surface area contributed by atoms with Crippen LogP contribution >= 0.6 is 0 Å². The molecule has 0 saturated carbocycles. The van der Waals surface area contributed by atoms with Gasteiger partial charge in [-0.1, -0.05) is 42.5 Å². The first kappa shape index (κ1) is 12.0. The molecule has 0 spiro atoms. The minimum absolute atomic E-state index is 0.237. The van der Waals surface area contributed by atoms with Crippen LogP contribution in [0.5, 0.6) is 0 Å². The summed E-state index contributed by atoms with van der Waals surface area (Å²) in [4.78, 5) is 13.9. The Morgan fingerprint density at radius 2 is 1.63 bits per heavy atom. The van der Waals surface area contributed by atoms with Crippen LogP contribution in [0, 0.1) is 6.92 Å². The summed E-state index contributed by atoms with van der Waals surface area (Å²) in [5.41, 5.74) is 4.63. The molecule has 2 aromatic carbocycles. The van der Waals surface area contributed by atoms with Gasteiger partial charge in [0, 0.05) is 18.5 Å². The molecule has 3 rings (SSSR count). The zero-order valence-corrected chi connectivity index (χ0v) is 11.1. The summed E-state index contributed by atoms with van der Waals surface area (Å²) in [6.07, 6.45) is 1.63. The zero-order valence-electron chi connectivity index (χ0n) is 11.1. The van der Waals surface area contributed by atoms with E-state index in [2.05, 4.69) is 25.1 Å². The largest absolute Gasteiger partial charge is 0.312 e. The third-order valence-corrected chi connectivity index (χ3v) is 3.70. The van der Waals surface area contributed by atoms with E-state index in [1.807, 2.05) is 35.2 Å². The van der Waals surface area contributed by atoms with Gasteiger partial charge in [-0.15, -0.1) is 0 Å². The van der Waals surface area contributed by atoms with Crippen LogP contribution in [-0.4, -0.2) is 12.5 Å². The molecule has 1 aliphatic rings. The standard InChI is InChI=1S/C17H17NO/c1-13-7-2-3-8-14(13)15-9-4-5-10-16(15)18-12-6-11-17(18)19/h2-5,7-10H,6,11-12H2,1H3. The highest BCUT2D eigenvalue weighted by atomic mass is 16.2. The Labute approximate surface area is 113 Å². The second kappa shape index (κ2) is 4.88. The Morgan fingerprint density at radius 3 is 2.32 bits per heavy atom. The number of amides is 1. The fourth-order valence-electron chi connectivity index (χ4n) is 2.71. The number of benzene rings is 2. The highest BCUT2D eigenvalue weighted by Gasteiger charge is 2.24. The Balaban J connectivity index is 2.12. The number of hydrogen-bond donors (Lipinski definition) is 0. The summed E-state index contributed by atoms with van der Waals surface area (Å²) in [6.45, 7) is 2.94. The summed E-state index contributed by atoms with van der Waals surface area (Å²) in [5, 5.41) is 0. The number of hydrogen-bond acceptors (Lipinski definition) is 1. The van der Waals surface area contributed by atoms with Crippen molar-refractivity contribution < 1.29 is 4.79 Å². The fourth-order valence-corrected chi connectivity index (χ4v) is 2.71. The lowest BCUT2D eigenvalue weighted by molar-refractivity contribution is -0.117. The van der Waals surface area contributed by atoms with Crippen LogP contribution in [0.2, 0.25) is 0 Å². The van der Waals surface area contributed by atoms with Gasteiger partial charge in [-0.3, -0.25) is 4.79 Å². The Kier molecular flexibility index (Phi) is 3.08. The molecule has 2 heteroatoms. The maximum Gasteiger partial charge on any atom is 0.227 e. The van der Waals surface area contributed by atoms with Crippen molar-refractivity contribution >= 4 is 11.6 Å². The van der Waals surface area contributed by atoms with Crippen LogP contribution in [0.25, 0.3) is 11.1 Å². The molecule has 1 saturated heterocycles. The molecule has 0 aromatic heterocycles. The molecule has 1 fully saturated rings. The van der Waals surface area contributed by atoms with Crippen LogP contribution in [0.1, 0.15) is 18.4 Å². The third kappa shape index (κ3) is 2.14. The first-order chi connectivity index (χ1) is 9.27. The van der Waals surface area contributed by atoms with Crippen molar-refractivity contribution in [2.75, 3.05) is 11.4 Å². The number of carbonyl (C=O) groups is 1. The average molecular weight is 251 g/mol. The molecule has 0 unspecified atom stereocenters. The predicted octanol–water partition coefficient (Wildman–Crippen LogP) is 3.79. The molecule has 0 N–H and O–H groups in total. The Hall–Kier alpha value is -2.09. The Morgan fingerprint density at radius 1 is 0.947 bits per heavy atom. The minimum Gasteiger partial charge on any atom is -0.312 e. The second-order valence-corrected chi connectivity index (χ2v) is 4.98. The molecule has 0 radical (unpaired) electrons. The van der Waals surface area contributed by atoms with Crippen LogP contribution in [-0.2, 0) is 4.79 Å². The molecule has 1 amide bonds. The molecule has 2 nitrogen and oxygen atoms in total. The van der Waals surface area contributed by atoms with Gasteiger partial charge in [0.2, 0.25) is 5.91 Å². The van der Waals surface area contributed by atoms with E-state index in [9.17, 15) is 4.79 Å². The van der Waals surface area contributed by atoms with Crippen molar-refractivity contribution in [2.24, 2.45) is 0 Å². The molecule has 19 heavy (non-hydrogen) atoms. The van der Waals surface area contributed by atoms with Crippen molar-refractivity contribution in [3.8, 4) is 11.1 Å². The molecule has 0 aliphatic carbocycles. The molecule has 0 bridgehead atoms. The third-order valence-electron chi connectivity index (χ3n) is 3.70. The molecule has 2 aromatic rings. The van der Waals surface area contributed by atoms with E-state index in [-0.39, 0.29) is 5.91 Å². The molecule has 1 heterocycles. The second-order valence-electron chi connectivity index (χ2n) is 4.98.